The van der Waals surface area contributed by atoms with Crippen molar-refractivity contribution in [2.75, 3.05) is 62.2 Å². The third kappa shape index (κ3) is 4.64. The Balaban J connectivity index is 1.30. The highest BCUT2D eigenvalue weighted by atomic mass is 16.6. The SMILES string of the molecule is CC(C(=O)N1CCN(c2ccccc2)CC1)N1CCN(c2ccccc2[N+](=O)[O-])CC1. The molecule has 1 atom stereocenters. The van der Waals surface area contributed by atoms with Gasteiger partial charge in [0.2, 0.25) is 5.91 Å². The van der Waals surface area contributed by atoms with E-state index in [1.807, 2.05) is 41.0 Å². The van der Waals surface area contributed by atoms with Crippen molar-refractivity contribution in [1.29, 1.82) is 0 Å². The van der Waals surface area contributed by atoms with Crippen molar-refractivity contribution in [3.63, 3.8) is 0 Å². The van der Waals surface area contributed by atoms with Crippen LogP contribution in [-0.4, -0.2) is 79.0 Å². The molecule has 1 amide bonds. The van der Waals surface area contributed by atoms with E-state index in [0.29, 0.717) is 31.9 Å². The van der Waals surface area contributed by atoms with Crippen molar-refractivity contribution in [2.45, 2.75) is 13.0 Å². The van der Waals surface area contributed by atoms with Crippen molar-refractivity contribution in [3.8, 4) is 0 Å². The summed E-state index contributed by atoms with van der Waals surface area (Å²) >= 11 is 0. The molecule has 8 heteroatoms. The molecule has 0 aliphatic carbocycles. The molecule has 4 rings (SSSR count). The van der Waals surface area contributed by atoms with Gasteiger partial charge in [0, 0.05) is 64.1 Å². The van der Waals surface area contributed by atoms with Crippen molar-refractivity contribution in [3.05, 3.63) is 64.7 Å². The largest absolute Gasteiger partial charge is 0.368 e. The van der Waals surface area contributed by atoms with Crippen LogP contribution in [-0.2, 0) is 4.79 Å². The number of hydrogen-bond donors (Lipinski definition) is 0. The van der Waals surface area contributed by atoms with E-state index in [1.165, 1.54) is 5.69 Å². The van der Waals surface area contributed by atoms with E-state index in [-0.39, 0.29) is 22.6 Å². The highest BCUT2D eigenvalue weighted by Crippen LogP contribution is 2.28. The zero-order valence-corrected chi connectivity index (χ0v) is 17.9. The average molecular weight is 424 g/mol. The van der Waals surface area contributed by atoms with Crippen LogP contribution >= 0.6 is 0 Å². The topological polar surface area (TPSA) is 73.2 Å². The minimum absolute atomic E-state index is 0.136. The molecule has 2 aliphatic heterocycles. The lowest BCUT2D eigenvalue weighted by Crippen LogP contribution is -2.57. The molecule has 0 aromatic heterocycles. The smallest absolute Gasteiger partial charge is 0.292 e. The summed E-state index contributed by atoms with van der Waals surface area (Å²) in [6.07, 6.45) is 0. The van der Waals surface area contributed by atoms with Crippen LogP contribution in [0.15, 0.2) is 54.6 Å². The van der Waals surface area contributed by atoms with Gasteiger partial charge in [0.05, 0.1) is 11.0 Å². The van der Waals surface area contributed by atoms with Crippen LogP contribution in [0.1, 0.15) is 6.92 Å². The molecule has 0 N–H and O–H groups in total. The maximum atomic E-state index is 13.1. The van der Waals surface area contributed by atoms with E-state index >= 15 is 0 Å². The highest BCUT2D eigenvalue weighted by Gasteiger charge is 2.31. The van der Waals surface area contributed by atoms with E-state index in [2.05, 4.69) is 21.9 Å². The zero-order valence-electron chi connectivity index (χ0n) is 17.9. The molecule has 0 saturated carbocycles. The molecule has 2 aromatic rings. The highest BCUT2D eigenvalue weighted by molar-refractivity contribution is 5.82. The van der Waals surface area contributed by atoms with Gasteiger partial charge in [0.1, 0.15) is 5.69 Å². The molecular formula is C23H29N5O3. The summed E-state index contributed by atoms with van der Waals surface area (Å²) in [5.74, 6) is 0.173. The van der Waals surface area contributed by atoms with Gasteiger partial charge in [-0.05, 0) is 25.1 Å². The van der Waals surface area contributed by atoms with Gasteiger partial charge in [-0.15, -0.1) is 0 Å². The molecule has 1 unspecified atom stereocenters. The minimum Gasteiger partial charge on any atom is -0.368 e. The first-order valence-electron chi connectivity index (χ1n) is 10.9. The monoisotopic (exact) mass is 423 g/mol. The molecule has 2 saturated heterocycles. The number of amides is 1. The summed E-state index contributed by atoms with van der Waals surface area (Å²) in [5, 5.41) is 11.3. The molecule has 2 aromatic carbocycles. The molecule has 2 heterocycles. The van der Waals surface area contributed by atoms with Crippen molar-refractivity contribution < 1.29 is 9.72 Å². The van der Waals surface area contributed by atoms with Gasteiger partial charge in [0.15, 0.2) is 0 Å². The minimum atomic E-state index is -0.330. The number of benzene rings is 2. The van der Waals surface area contributed by atoms with Crippen molar-refractivity contribution in [2.24, 2.45) is 0 Å². The van der Waals surface area contributed by atoms with Crippen molar-refractivity contribution >= 4 is 23.0 Å². The van der Waals surface area contributed by atoms with E-state index in [1.54, 1.807) is 18.2 Å². The number of nitro benzene ring substituents is 1. The van der Waals surface area contributed by atoms with Crippen LogP contribution < -0.4 is 9.80 Å². The first kappa shape index (κ1) is 21.1. The van der Waals surface area contributed by atoms with Crippen LogP contribution in [0.3, 0.4) is 0 Å². The maximum Gasteiger partial charge on any atom is 0.292 e. The number of nitro groups is 1. The van der Waals surface area contributed by atoms with Gasteiger partial charge in [0.25, 0.3) is 5.69 Å². The Bertz CT molecular complexity index is 906. The number of hydrogen-bond acceptors (Lipinski definition) is 6. The lowest BCUT2D eigenvalue weighted by molar-refractivity contribution is -0.384. The van der Waals surface area contributed by atoms with Crippen molar-refractivity contribution in [1.82, 2.24) is 9.80 Å². The summed E-state index contributed by atoms with van der Waals surface area (Å²) < 4.78 is 0. The summed E-state index contributed by atoms with van der Waals surface area (Å²) in [4.78, 5) is 32.6. The van der Waals surface area contributed by atoms with Gasteiger partial charge in [-0.25, -0.2) is 0 Å². The van der Waals surface area contributed by atoms with Gasteiger partial charge in [-0.2, -0.15) is 0 Å². The second kappa shape index (κ2) is 9.34. The molecule has 8 nitrogen and oxygen atoms in total. The number of nitrogens with zero attached hydrogens (tertiary/aromatic N) is 5. The Labute approximate surface area is 182 Å². The number of piperazine rings is 2. The van der Waals surface area contributed by atoms with Crippen LogP contribution in [0, 0.1) is 10.1 Å². The molecule has 2 aliphatic rings. The Kier molecular flexibility index (Phi) is 6.36. The maximum absolute atomic E-state index is 13.1. The quantitative estimate of drug-likeness (QED) is 0.543. The standard InChI is InChI=1S/C23H29N5O3/c1-19(23(29)27-17-13-25(14-18-27)20-7-3-2-4-8-20)24-11-15-26(16-12-24)21-9-5-6-10-22(21)28(30)31/h2-10,19H,11-18H2,1H3. The van der Waals surface area contributed by atoms with E-state index < -0.39 is 0 Å². The van der Waals surface area contributed by atoms with E-state index in [0.717, 1.165) is 26.2 Å². The second-order valence-electron chi connectivity index (χ2n) is 8.09. The molecular weight excluding hydrogens is 394 g/mol. The van der Waals surface area contributed by atoms with Gasteiger partial charge < -0.3 is 14.7 Å². The Morgan fingerprint density at radius 1 is 0.839 bits per heavy atom. The van der Waals surface area contributed by atoms with Gasteiger partial charge in [-0.3, -0.25) is 19.8 Å². The lowest BCUT2D eigenvalue weighted by atomic mass is 10.1. The summed E-state index contributed by atoms with van der Waals surface area (Å²) in [6.45, 7) is 7.89. The summed E-state index contributed by atoms with van der Waals surface area (Å²) in [5.41, 5.74) is 1.99. The van der Waals surface area contributed by atoms with Gasteiger partial charge >= 0.3 is 0 Å². The van der Waals surface area contributed by atoms with Crippen LogP contribution in [0.25, 0.3) is 0 Å². The number of anilines is 2. The number of carbonyl (C=O) groups is 1. The molecule has 31 heavy (non-hydrogen) atoms. The zero-order chi connectivity index (χ0) is 21.8. The first-order chi connectivity index (χ1) is 15.0. The fourth-order valence-electron chi connectivity index (χ4n) is 4.48. The number of para-hydroxylation sites is 3. The first-order valence-corrected chi connectivity index (χ1v) is 10.9. The number of carbonyl (C=O) groups excluding carboxylic acids is 1. The van der Waals surface area contributed by atoms with Crippen LogP contribution in [0.5, 0.6) is 0 Å². The predicted molar refractivity (Wildman–Crippen MR) is 122 cm³/mol. The Morgan fingerprint density at radius 2 is 1.42 bits per heavy atom. The fourth-order valence-corrected chi connectivity index (χ4v) is 4.48. The summed E-state index contributed by atoms with van der Waals surface area (Å²) in [7, 11) is 0. The Morgan fingerprint density at radius 3 is 2.06 bits per heavy atom. The number of rotatable bonds is 5. The van der Waals surface area contributed by atoms with Crippen LogP contribution in [0.2, 0.25) is 0 Å². The molecule has 164 valence electrons. The average Bonchev–Trinajstić information content (AvgIpc) is 2.84. The molecule has 0 bridgehead atoms. The van der Waals surface area contributed by atoms with E-state index in [9.17, 15) is 14.9 Å². The fraction of sp³-hybridized carbons (Fsp3) is 0.435. The third-order valence-corrected chi connectivity index (χ3v) is 6.35. The Hall–Kier alpha value is -3.13. The second-order valence-corrected chi connectivity index (χ2v) is 8.09. The summed E-state index contributed by atoms with van der Waals surface area (Å²) in [6, 6.07) is 17.0. The predicted octanol–water partition coefficient (Wildman–Crippen LogP) is 2.45. The van der Waals surface area contributed by atoms with E-state index in [4.69, 9.17) is 0 Å². The third-order valence-electron chi connectivity index (χ3n) is 6.35. The normalized spacial score (nSPS) is 18.7. The molecule has 0 spiro atoms. The lowest BCUT2D eigenvalue weighted by Gasteiger charge is -2.41. The molecule has 2 fully saturated rings. The van der Waals surface area contributed by atoms with Crippen LogP contribution in [0.4, 0.5) is 17.1 Å². The molecule has 0 radical (unpaired) electrons. The van der Waals surface area contributed by atoms with Gasteiger partial charge in [-0.1, -0.05) is 30.3 Å².